The van der Waals surface area contributed by atoms with Gasteiger partial charge in [0, 0.05) is 0 Å². The summed E-state index contributed by atoms with van der Waals surface area (Å²) < 4.78 is 9.11. The summed E-state index contributed by atoms with van der Waals surface area (Å²) in [5, 5.41) is 0. The SMILES string of the molecule is CC1=CC[C]([Zr]([CH3])([CH3])(=[SiH2])[C]2=C(C(C)C)C(C)=CC2)=C1C(C)C.Cl.Cl. The zero-order valence-electron chi connectivity index (χ0n) is 16.7. The minimum Gasteiger partial charge on any atom is -0.147 e. The van der Waals surface area contributed by atoms with Crippen molar-refractivity contribution in [2.45, 2.75) is 63.6 Å². The number of halogens is 2. The molecule has 0 aliphatic heterocycles. The molecule has 4 heteroatoms. The van der Waals surface area contributed by atoms with Crippen LogP contribution in [0.5, 0.6) is 0 Å². The predicted octanol–water partition coefficient (Wildman–Crippen LogP) is 6.68. The van der Waals surface area contributed by atoms with E-state index in [1.165, 1.54) is 12.8 Å². The molecule has 0 unspecified atom stereocenters. The maximum Gasteiger partial charge on any atom is -0.147 e. The van der Waals surface area contributed by atoms with Gasteiger partial charge < -0.3 is 0 Å². The van der Waals surface area contributed by atoms with Crippen molar-refractivity contribution in [1.29, 1.82) is 0 Å². The summed E-state index contributed by atoms with van der Waals surface area (Å²) in [6, 6.07) is 0. The Morgan fingerprint density at radius 1 is 0.792 bits per heavy atom. The van der Waals surface area contributed by atoms with Gasteiger partial charge in [-0.15, -0.1) is 24.8 Å². The molecule has 2 aliphatic carbocycles. The van der Waals surface area contributed by atoms with Gasteiger partial charge in [0.15, 0.2) is 0 Å². The third-order valence-electron chi connectivity index (χ3n) is 5.82. The fourth-order valence-electron chi connectivity index (χ4n) is 4.73. The van der Waals surface area contributed by atoms with E-state index in [4.69, 9.17) is 0 Å². The van der Waals surface area contributed by atoms with E-state index in [-0.39, 0.29) is 24.8 Å². The first-order valence-electron chi connectivity index (χ1n) is 8.84. The smallest absolute Gasteiger partial charge is 0.147 e. The van der Waals surface area contributed by atoms with Crippen molar-refractivity contribution in [3.8, 4) is 0 Å². The fourth-order valence-corrected chi connectivity index (χ4v) is 19.9. The van der Waals surface area contributed by atoms with Crippen molar-refractivity contribution in [3.05, 3.63) is 41.0 Å². The normalized spacial score (nSPS) is 18.8. The Morgan fingerprint density at radius 3 is 1.33 bits per heavy atom. The van der Waals surface area contributed by atoms with Crippen LogP contribution in [-0.4, -0.2) is 6.88 Å². The number of rotatable bonds is 4. The average Bonchev–Trinajstić information content (AvgIpc) is 2.92. The van der Waals surface area contributed by atoms with Crippen LogP contribution in [0, 0.1) is 11.8 Å². The van der Waals surface area contributed by atoms with Crippen LogP contribution >= 0.6 is 24.8 Å². The monoisotopic (exact) mass is 464 g/mol. The Kier molecular flexibility index (Phi) is 8.33. The van der Waals surface area contributed by atoms with Gasteiger partial charge in [0.05, 0.1) is 0 Å². The van der Waals surface area contributed by atoms with Crippen LogP contribution in [0.4, 0.5) is 0 Å². The van der Waals surface area contributed by atoms with Crippen LogP contribution in [0.25, 0.3) is 0 Å². The molecular weight excluding hydrogens is 430 g/mol. The minimum atomic E-state index is -3.03. The maximum atomic E-state index is 2.69. The van der Waals surface area contributed by atoms with Gasteiger partial charge in [-0.05, 0) is 0 Å². The summed E-state index contributed by atoms with van der Waals surface area (Å²) in [5.74, 6) is 1.31. The van der Waals surface area contributed by atoms with E-state index < -0.39 is 17.4 Å². The quantitative estimate of drug-likeness (QED) is 0.405. The standard InChI is InChI=1S/2C9H13.2CH3.2ClH.H2Si.Zr/c2*1-7(2)9-6-4-5-8(9)3;;;;;;/h2*5,7H,4H2,1-3H3;2*1H3;2*1H;1H2;. The Labute approximate surface area is 164 Å². The van der Waals surface area contributed by atoms with Crippen LogP contribution < -0.4 is 0 Å². The Balaban J connectivity index is 0.00000264. The third-order valence-corrected chi connectivity index (χ3v) is 22.7. The molecule has 0 nitrogen and oxygen atoms in total. The first-order chi connectivity index (χ1) is 9.96. The maximum absolute atomic E-state index is 3.03. The molecule has 0 radical (unpaired) electrons. The molecule has 0 fully saturated rings. The van der Waals surface area contributed by atoms with Crippen molar-refractivity contribution < 1.29 is 17.4 Å². The van der Waals surface area contributed by atoms with Crippen LogP contribution in [-0.2, 0) is 17.4 Å². The van der Waals surface area contributed by atoms with E-state index in [2.05, 4.69) is 69.8 Å². The van der Waals surface area contributed by atoms with Gasteiger partial charge in [0.25, 0.3) is 0 Å². The largest absolute Gasteiger partial charge is 0.147 e. The van der Waals surface area contributed by atoms with Gasteiger partial charge in [-0.2, -0.15) is 0 Å². The molecule has 2 rings (SSSR count). The molecule has 2 aliphatic rings. The Bertz CT molecular complexity index is 643. The van der Waals surface area contributed by atoms with E-state index in [0.717, 1.165) is 0 Å². The second-order valence-corrected chi connectivity index (χ2v) is 37.7. The van der Waals surface area contributed by atoms with Crippen molar-refractivity contribution in [3.63, 3.8) is 0 Å². The van der Waals surface area contributed by atoms with Gasteiger partial charge in [-0.25, -0.2) is 0 Å². The molecule has 0 spiro atoms. The van der Waals surface area contributed by atoms with Gasteiger partial charge in [-0.1, -0.05) is 0 Å². The van der Waals surface area contributed by atoms with Crippen molar-refractivity contribution in [1.82, 2.24) is 0 Å². The van der Waals surface area contributed by atoms with Crippen LogP contribution in [0.15, 0.2) is 41.0 Å². The zero-order chi connectivity index (χ0) is 16.9. The van der Waals surface area contributed by atoms with Crippen LogP contribution in [0.2, 0.25) is 9.26 Å². The summed E-state index contributed by atoms with van der Waals surface area (Å²) in [5.41, 5.74) is 6.50. The molecular formula is C20H36Cl2SiZr. The molecule has 138 valence electrons. The van der Waals surface area contributed by atoms with E-state index in [1.807, 2.05) is 6.56 Å². The predicted molar refractivity (Wildman–Crippen MR) is 115 cm³/mol. The van der Waals surface area contributed by atoms with E-state index in [1.54, 1.807) is 22.3 Å². The van der Waals surface area contributed by atoms with Crippen molar-refractivity contribution in [2.24, 2.45) is 11.8 Å². The van der Waals surface area contributed by atoms with Crippen molar-refractivity contribution in [2.75, 3.05) is 0 Å². The molecule has 0 bridgehead atoms. The van der Waals surface area contributed by atoms with Gasteiger partial charge in [0.1, 0.15) is 0 Å². The van der Waals surface area contributed by atoms with E-state index in [9.17, 15) is 0 Å². The molecule has 0 aromatic heterocycles. The minimum absolute atomic E-state index is 0. The average molecular weight is 467 g/mol. The summed E-state index contributed by atoms with van der Waals surface area (Å²) in [7, 11) is 0. The molecule has 0 N–H and O–H groups in total. The molecule has 0 atom stereocenters. The van der Waals surface area contributed by atoms with E-state index in [0.29, 0.717) is 11.8 Å². The topological polar surface area (TPSA) is 0 Å². The van der Waals surface area contributed by atoms with Gasteiger partial charge in [-0.3, -0.25) is 0 Å². The van der Waals surface area contributed by atoms with Gasteiger partial charge in [0.2, 0.25) is 0 Å². The Morgan fingerprint density at radius 2 is 1.08 bits per heavy atom. The van der Waals surface area contributed by atoms with Crippen LogP contribution in [0.3, 0.4) is 0 Å². The molecule has 0 saturated carbocycles. The van der Waals surface area contributed by atoms with Gasteiger partial charge >= 0.3 is 141 Å². The van der Waals surface area contributed by atoms with E-state index >= 15 is 0 Å². The second kappa shape index (κ2) is 8.12. The second-order valence-electron chi connectivity index (χ2n) is 8.96. The first kappa shape index (κ1) is 24.6. The zero-order valence-corrected chi connectivity index (χ0v) is 22.3. The summed E-state index contributed by atoms with van der Waals surface area (Å²) >= 11 is -3.03. The molecule has 0 saturated heterocycles. The molecule has 24 heavy (non-hydrogen) atoms. The molecule has 0 amide bonds. The first-order valence-corrected chi connectivity index (χ1v) is 22.1. The van der Waals surface area contributed by atoms with Crippen molar-refractivity contribution >= 4 is 31.7 Å². The third kappa shape index (κ3) is 4.13. The number of allylic oxidation sites excluding steroid dienone is 8. The number of hydrogen-bond donors (Lipinski definition) is 0. The summed E-state index contributed by atoms with van der Waals surface area (Å²) in [4.78, 5) is 0. The fraction of sp³-hybridized carbons (Fsp3) is 0.600. The Hall–Kier alpha value is 0.640. The molecule has 0 aromatic rings. The summed E-state index contributed by atoms with van der Waals surface area (Å²) in [6.45, 7) is 16.6. The summed E-state index contributed by atoms with van der Waals surface area (Å²) in [6.07, 6.45) is 7.41. The molecule has 0 aromatic carbocycles. The van der Waals surface area contributed by atoms with Crippen LogP contribution in [0.1, 0.15) is 54.4 Å². The molecule has 0 heterocycles. The number of hydrogen-bond acceptors (Lipinski definition) is 0.